The van der Waals surface area contributed by atoms with Gasteiger partial charge in [-0.2, -0.15) is 0 Å². The summed E-state index contributed by atoms with van der Waals surface area (Å²) < 4.78 is 21.4. The molecular weight excluding hydrogens is 492 g/mol. The predicted molar refractivity (Wildman–Crippen MR) is 142 cm³/mol. The average molecular weight is 512 g/mol. The Labute approximate surface area is 214 Å². The first-order valence-corrected chi connectivity index (χ1v) is 11.2. The van der Waals surface area contributed by atoms with Crippen LogP contribution in [0.3, 0.4) is 0 Å². The van der Waals surface area contributed by atoms with Gasteiger partial charge in [-0.3, -0.25) is 9.98 Å². The summed E-state index contributed by atoms with van der Waals surface area (Å²) in [5.74, 6) is 0.450. The van der Waals surface area contributed by atoms with Crippen LogP contribution in [0, 0.1) is 0 Å². The van der Waals surface area contributed by atoms with Crippen LogP contribution in [-0.4, -0.2) is 36.9 Å². The van der Waals surface area contributed by atoms with Gasteiger partial charge in [0.1, 0.15) is 11.5 Å². The van der Waals surface area contributed by atoms with Crippen molar-refractivity contribution < 1.29 is 28.5 Å². The van der Waals surface area contributed by atoms with Crippen molar-refractivity contribution in [2.75, 3.05) is 14.2 Å². The number of nitrogens with zero attached hydrogens (tertiary/aromatic N) is 2. The lowest BCUT2D eigenvalue weighted by Gasteiger charge is -2.11. The zero-order chi connectivity index (χ0) is 26.8. The first-order chi connectivity index (χ1) is 18.4. The number of hydrogen-bond donors (Lipinski definition) is 2. The van der Waals surface area contributed by atoms with Crippen LogP contribution in [-0.2, 0) is 0 Å². The van der Waals surface area contributed by atoms with Crippen molar-refractivity contribution in [3.05, 3.63) is 92.6 Å². The van der Waals surface area contributed by atoms with Gasteiger partial charge in [-0.25, -0.2) is 9.59 Å². The summed E-state index contributed by atoms with van der Waals surface area (Å²) in [4.78, 5) is 32.6. The fraction of sp³-hybridized carbons (Fsp3) is 0.0714. The van der Waals surface area contributed by atoms with Crippen molar-refractivity contribution in [1.29, 1.82) is 0 Å². The molecule has 38 heavy (non-hydrogen) atoms. The molecule has 0 atom stereocenters. The zero-order valence-electron chi connectivity index (χ0n) is 20.2. The third kappa shape index (κ3) is 4.58. The molecule has 0 saturated heterocycles. The van der Waals surface area contributed by atoms with Gasteiger partial charge >= 0.3 is 11.3 Å². The molecule has 10 nitrogen and oxygen atoms in total. The van der Waals surface area contributed by atoms with Gasteiger partial charge in [0.2, 0.25) is 0 Å². The van der Waals surface area contributed by atoms with E-state index < -0.39 is 11.3 Å². The lowest BCUT2D eigenvalue weighted by molar-refractivity contribution is 0.355. The summed E-state index contributed by atoms with van der Waals surface area (Å²) in [6.45, 7) is 0. The first-order valence-electron chi connectivity index (χ1n) is 11.2. The van der Waals surface area contributed by atoms with E-state index in [1.807, 2.05) is 0 Å². The highest BCUT2D eigenvalue weighted by molar-refractivity contribution is 6.02. The van der Waals surface area contributed by atoms with E-state index >= 15 is 0 Å². The molecule has 2 heterocycles. The van der Waals surface area contributed by atoms with Crippen molar-refractivity contribution >= 4 is 45.7 Å². The maximum absolute atomic E-state index is 11.8. The number of benzene rings is 3. The molecule has 0 aliphatic carbocycles. The van der Waals surface area contributed by atoms with Crippen molar-refractivity contribution in [3.63, 3.8) is 0 Å². The summed E-state index contributed by atoms with van der Waals surface area (Å²) in [5, 5.41) is 22.1. The third-order valence-electron chi connectivity index (χ3n) is 5.76. The molecule has 2 aromatic heterocycles. The van der Waals surface area contributed by atoms with Gasteiger partial charge in [0.05, 0.1) is 36.7 Å². The SMILES string of the molecule is COc1cc(N=Cc2c(O)ccc3ccc(=O)oc23)c(N=Cc2c(O)ccc3ccc(=O)oc23)cc1OC. The van der Waals surface area contributed by atoms with Gasteiger partial charge in [0.25, 0.3) is 0 Å². The van der Waals surface area contributed by atoms with Crippen LogP contribution in [0.4, 0.5) is 11.4 Å². The molecule has 0 aliphatic heterocycles. The normalized spacial score (nSPS) is 11.6. The van der Waals surface area contributed by atoms with Crippen LogP contribution in [0.2, 0.25) is 0 Å². The molecule has 0 bridgehead atoms. The minimum Gasteiger partial charge on any atom is -0.507 e. The van der Waals surface area contributed by atoms with E-state index in [2.05, 4.69) is 9.98 Å². The standard InChI is InChI=1S/C28H20N2O8/c1-35-23-11-19(29-13-17-21(31)7-3-15-5-9-25(33)37-27(15)17)20(12-24(23)36-2)30-14-18-22(32)8-4-16-6-10-26(34)38-28(16)18/h3-14,31-32H,1-2H3. The largest absolute Gasteiger partial charge is 0.507 e. The number of rotatable bonds is 6. The topological polar surface area (TPSA) is 144 Å². The van der Waals surface area contributed by atoms with Crippen molar-refractivity contribution in [3.8, 4) is 23.0 Å². The summed E-state index contributed by atoms with van der Waals surface area (Å²) in [6.07, 6.45) is 2.69. The zero-order valence-corrected chi connectivity index (χ0v) is 20.2. The molecular formula is C28H20N2O8. The molecule has 5 aromatic rings. The number of aliphatic imine (C=N–C) groups is 2. The van der Waals surface area contributed by atoms with Gasteiger partial charge in [0.15, 0.2) is 22.7 Å². The van der Waals surface area contributed by atoms with Crippen LogP contribution in [0.1, 0.15) is 11.1 Å². The van der Waals surface area contributed by atoms with E-state index in [0.717, 1.165) is 0 Å². The Kier molecular flexibility index (Phi) is 6.36. The summed E-state index contributed by atoms with van der Waals surface area (Å²) in [7, 11) is 2.94. The Hall–Kier alpha value is -5.38. The van der Waals surface area contributed by atoms with Gasteiger partial charge in [-0.15, -0.1) is 0 Å². The number of hydrogen-bond acceptors (Lipinski definition) is 10. The number of fused-ring (bicyclic) bond motifs is 2. The van der Waals surface area contributed by atoms with Gasteiger partial charge < -0.3 is 28.5 Å². The first kappa shape index (κ1) is 24.3. The minimum atomic E-state index is -0.573. The fourth-order valence-electron chi connectivity index (χ4n) is 3.87. The number of ether oxygens (including phenoxy) is 2. The molecule has 3 aromatic carbocycles. The minimum absolute atomic E-state index is 0.142. The second-order valence-electron chi connectivity index (χ2n) is 8.05. The monoisotopic (exact) mass is 512 g/mol. The number of phenols is 2. The average Bonchev–Trinajstić information content (AvgIpc) is 2.91. The van der Waals surface area contributed by atoms with E-state index in [0.29, 0.717) is 33.6 Å². The van der Waals surface area contributed by atoms with Crippen LogP contribution in [0.5, 0.6) is 23.0 Å². The van der Waals surface area contributed by atoms with Crippen LogP contribution in [0.25, 0.3) is 21.9 Å². The lowest BCUT2D eigenvalue weighted by atomic mass is 10.1. The predicted octanol–water partition coefficient (Wildman–Crippen LogP) is 4.83. The molecule has 0 amide bonds. The number of methoxy groups -OCH3 is 2. The Morgan fingerprint density at radius 1 is 0.658 bits per heavy atom. The number of aromatic hydroxyl groups is 2. The highest BCUT2D eigenvalue weighted by Gasteiger charge is 2.14. The van der Waals surface area contributed by atoms with E-state index in [4.69, 9.17) is 18.3 Å². The molecule has 10 heteroatoms. The lowest BCUT2D eigenvalue weighted by Crippen LogP contribution is -1.97. The van der Waals surface area contributed by atoms with E-state index in [-0.39, 0.29) is 33.8 Å². The summed E-state index contributed by atoms with van der Waals surface area (Å²) in [5.41, 5.74) is 0.178. The Balaban J connectivity index is 1.66. The molecule has 190 valence electrons. The highest BCUT2D eigenvalue weighted by atomic mass is 16.5. The Bertz CT molecular complexity index is 1730. The van der Waals surface area contributed by atoms with E-state index in [1.165, 1.54) is 50.9 Å². The smallest absolute Gasteiger partial charge is 0.336 e. The second-order valence-corrected chi connectivity index (χ2v) is 8.05. The Morgan fingerprint density at radius 2 is 1.05 bits per heavy atom. The number of phenolic OH excluding ortho intramolecular Hbond substituents is 2. The summed E-state index contributed by atoms with van der Waals surface area (Å²) >= 11 is 0. The molecule has 0 fully saturated rings. The molecule has 0 radical (unpaired) electrons. The van der Waals surface area contributed by atoms with Gasteiger partial charge in [0, 0.05) is 47.5 Å². The maximum Gasteiger partial charge on any atom is 0.336 e. The Morgan fingerprint density at radius 3 is 1.45 bits per heavy atom. The highest BCUT2D eigenvalue weighted by Crippen LogP contribution is 2.40. The molecule has 5 rings (SSSR count). The van der Waals surface area contributed by atoms with Crippen molar-refractivity contribution in [2.45, 2.75) is 0 Å². The second kappa shape index (κ2) is 9.94. The maximum atomic E-state index is 11.8. The molecule has 2 N–H and O–H groups in total. The third-order valence-corrected chi connectivity index (χ3v) is 5.76. The molecule has 0 spiro atoms. The van der Waals surface area contributed by atoms with Crippen LogP contribution < -0.4 is 20.7 Å². The fourth-order valence-corrected chi connectivity index (χ4v) is 3.87. The van der Waals surface area contributed by atoms with Gasteiger partial charge in [-0.1, -0.05) is 0 Å². The van der Waals surface area contributed by atoms with E-state index in [1.54, 1.807) is 36.4 Å². The molecule has 0 unspecified atom stereocenters. The van der Waals surface area contributed by atoms with Crippen LogP contribution in [0.15, 0.2) is 89.1 Å². The summed E-state index contributed by atoms with van der Waals surface area (Å²) in [6, 6.07) is 15.0. The van der Waals surface area contributed by atoms with Crippen molar-refractivity contribution in [1.82, 2.24) is 0 Å². The van der Waals surface area contributed by atoms with E-state index in [9.17, 15) is 19.8 Å². The molecule has 0 aliphatic rings. The van der Waals surface area contributed by atoms with Crippen molar-refractivity contribution in [2.24, 2.45) is 9.98 Å². The quantitative estimate of drug-likeness (QED) is 0.243. The molecule has 0 saturated carbocycles. The van der Waals surface area contributed by atoms with Gasteiger partial charge in [-0.05, 0) is 36.4 Å². The van der Waals surface area contributed by atoms with Crippen LogP contribution >= 0.6 is 0 Å².